The number of carbonyl (C=O) groups is 2. The van der Waals surface area contributed by atoms with Crippen molar-refractivity contribution in [1.82, 2.24) is 9.88 Å². The molecule has 0 saturated heterocycles. The zero-order valence-electron chi connectivity index (χ0n) is 16.2. The molecular weight excluding hydrogens is 402 g/mol. The Bertz CT molecular complexity index is 812. The number of amides is 2. The molecule has 28 heavy (non-hydrogen) atoms. The van der Waals surface area contributed by atoms with Crippen LogP contribution in [0.25, 0.3) is 0 Å². The summed E-state index contributed by atoms with van der Waals surface area (Å²) < 4.78 is 10.0. The van der Waals surface area contributed by atoms with Crippen LogP contribution in [0.1, 0.15) is 34.4 Å². The summed E-state index contributed by atoms with van der Waals surface area (Å²) in [5, 5.41) is 5.71. The fourth-order valence-electron chi connectivity index (χ4n) is 2.37. The SMILES string of the molecule is CCOCCCN(Cc1nc(C(=O)OC)cs1)C(=O)Nc1ccc(C)c(Cl)c1. The summed E-state index contributed by atoms with van der Waals surface area (Å²) in [7, 11) is 1.31. The van der Waals surface area contributed by atoms with Gasteiger partial charge in [-0.25, -0.2) is 14.6 Å². The zero-order valence-corrected chi connectivity index (χ0v) is 17.7. The summed E-state index contributed by atoms with van der Waals surface area (Å²) in [4.78, 5) is 30.3. The number of methoxy groups -OCH3 is 1. The van der Waals surface area contributed by atoms with Gasteiger partial charge in [-0.05, 0) is 38.0 Å². The average molecular weight is 426 g/mol. The molecule has 152 valence electrons. The molecule has 2 aromatic rings. The number of esters is 1. The van der Waals surface area contributed by atoms with Crippen molar-refractivity contribution in [1.29, 1.82) is 0 Å². The van der Waals surface area contributed by atoms with Gasteiger partial charge in [0, 0.05) is 35.8 Å². The first-order valence-electron chi connectivity index (χ1n) is 8.87. The third kappa shape index (κ3) is 6.47. The minimum Gasteiger partial charge on any atom is -0.464 e. The van der Waals surface area contributed by atoms with E-state index in [1.807, 2.05) is 19.9 Å². The molecule has 0 bridgehead atoms. The predicted molar refractivity (Wildman–Crippen MR) is 110 cm³/mol. The number of urea groups is 1. The van der Waals surface area contributed by atoms with Gasteiger partial charge in [0.25, 0.3) is 0 Å². The maximum Gasteiger partial charge on any atom is 0.357 e. The number of thiazole rings is 1. The molecule has 0 fully saturated rings. The van der Waals surface area contributed by atoms with Crippen molar-refractivity contribution < 1.29 is 19.1 Å². The van der Waals surface area contributed by atoms with E-state index in [0.29, 0.717) is 41.9 Å². The van der Waals surface area contributed by atoms with Crippen LogP contribution in [0.15, 0.2) is 23.6 Å². The van der Waals surface area contributed by atoms with E-state index in [9.17, 15) is 9.59 Å². The molecule has 0 aliphatic carbocycles. The van der Waals surface area contributed by atoms with E-state index in [4.69, 9.17) is 16.3 Å². The van der Waals surface area contributed by atoms with Crippen LogP contribution < -0.4 is 5.32 Å². The quantitative estimate of drug-likeness (QED) is 0.477. The molecule has 0 saturated carbocycles. The normalized spacial score (nSPS) is 10.6. The lowest BCUT2D eigenvalue weighted by atomic mass is 10.2. The molecule has 0 aliphatic heterocycles. The molecule has 1 aromatic heterocycles. The van der Waals surface area contributed by atoms with E-state index >= 15 is 0 Å². The summed E-state index contributed by atoms with van der Waals surface area (Å²) in [6, 6.07) is 5.09. The van der Waals surface area contributed by atoms with Crippen LogP contribution in [-0.4, -0.2) is 48.8 Å². The van der Waals surface area contributed by atoms with Crippen LogP contribution in [-0.2, 0) is 16.0 Å². The highest BCUT2D eigenvalue weighted by molar-refractivity contribution is 7.09. The number of halogens is 1. The second-order valence-electron chi connectivity index (χ2n) is 5.98. The molecule has 2 rings (SSSR count). The van der Waals surface area contributed by atoms with Gasteiger partial charge < -0.3 is 19.7 Å². The Morgan fingerprint density at radius 2 is 2.14 bits per heavy atom. The summed E-state index contributed by atoms with van der Waals surface area (Å²) in [5.41, 5.74) is 1.79. The third-order valence-electron chi connectivity index (χ3n) is 3.90. The average Bonchev–Trinajstić information content (AvgIpc) is 3.15. The van der Waals surface area contributed by atoms with Gasteiger partial charge in [-0.3, -0.25) is 0 Å². The Hall–Kier alpha value is -2.16. The highest BCUT2D eigenvalue weighted by Gasteiger charge is 2.18. The first-order valence-corrected chi connectivity index (χ1v) is 10.1. The fraction of sp³-hybridized carbons (Fsp3) is 0.421. The maximum absolute atomic E-state index is 12.8. The monoisotopic (exact) mass is 425 g/mol. The highest BCUT2D eigenvalue weighted by atomic mass is 35.5. The van der Waals surface area contributed by atoms with E-state index < -0.39 is 5.97 Å². The minimum atomic E-state index is -0.496. The van der Waals surface area contributed by atoms with Crippen LogP contribution in [0.4, 0.5) is 10.5 Å². The standard InChI is InChI=1S/C19H24ClN3O4S/c1-4-27-9-5-8-23(11-17-22-16(12-28-17)18(24)26-3)19(25)21-14-7-6-13(2)15(20)10-14/h6-7,10,12H,4-5,8-9,11H2,1-3H3,(H,21,25). The number of benzene rings is 1. The van der Waals surface area contributed by atoms with Gasteiger partial charge >= 0.3 is 12.0 Å². The molecule has 7 nitrogen and oxygen atoms in total. The molecule has 0 atom stereocenters. The van der Waals surface area contributed by atoms with E-state index in [2.05, 4.69) is 15.0 Å². The number of nitrogens with one attached hydrogen (secondary N) is 1. The van der Waals surface area contributed by atoms with Crippen molar-refractivity contribution in [2.24, 2.45) is 0 Å². The molecule has 0 unspecified atom stereocenters. The van der Waals surface area contributed by atoms with Crippen molar-refractivity contribution in [3.63, 3.8) is 0 Å². The van der Waals surface area contributed by atoms with E-state index in [-0.39, 0.29) is 18.3 Å². The molecule has 0 radical (unpaired) electrons. The number of anilines is 1. The van der Waals surface area contributed by atoms with Gasteiger partial charge in [0.05, 0.1) is 13.7 Å². The summed E-state index contributed by atoms with van der Waals surface area (Å²) in [5.74, 6) is -0.496. The molecule has 9 heteroatoms. The number of aromatic nitrogens is 1. The molecule has 0 aliphatic rings. The van der Waals surface area contributed by atoms with E-state index in [0.717, 1.165) is 5.56 Å². The summed E-state index contributed by atoms with van der Waals surface area (Å²) in [6.45, 7) is 5.77. The van der Waals surface area contributed by atoms with Crippen molar-refractivity contribution in [3.8, 4) is 0 Å². The van der Waals surface area contributed by atoms with Crippen LogP contribution in [0.3, 0.4) is 0 Å². The van der Waals surface area contributed by atoms with Crippen LogP contribution in [0, 0.1) is 6.92 Å². The van der Waals surface area contributed by atoms with Gasteiger partial charge in [0.2, 0.25) is 0 Å². The lowest BCUT2D eigenvalue weighted by Gasteiger charge is -2.22. The minimum absolute atomic E-state index is 0.238. The number of aryl methyl sites for hydroxylation is 1. The Kier molecular flexibility index (Phi) is 8.69. The zero-order chi connectivity index (χ0) is 20.5. The van der Waals surface area contributed by atoms with Gasteiger partial charge in [-0.15, -0.1) is 11.3 Å². The molecule has 0 spiro atoms. The van der Waals surface area contributed by atoms with E-state index in [1.54, 1.807) is 22.4 Å². The van der Waals surface area contributed by atoms with Crippen molar-refractivity contribution in [2.45, 2.75) is 26.8 Å². The molecule has 1 N–H and O–H groups in total. The third-order valence-corrected chi connectivity index (χ3v) is 5.14. The Morgan fingerprint density at radius 1 is 1.36 bits per heavy atom. The number of hydrogen-bond donors (Lipinski definition) is 1. The van der Waals surface area contributed by atoms with Crippen LogP contribution >= 0.6 is 22.9 Å². The number of hydrogen-bond acceptors (Lipinski definition) is 6. The molecule has 2 amide bonds. The lowest BCUT2D eigenvalue weighted by Crippen LogP contribution is -2.35. The first kappa shape index (κ1) is 22.1. The van der Waals surface area contributed by atoms with Crippen LogP contribution in [0.2, 0.25) is 5.02 Å². The fourth-order valence-corrected chi connectivity index (χ4v) is 3.33. The summed E-state index contributed by atoms with van der Waals surface area (Å²) in [6.07, 6.45) is 0.686. The van der Waals surface area contributed by atoms with Crippen molar-refractivity contribution in [2.75, 3.05) is 32.2 Å². The van der Waals surface area contributed by atoms with Gasteiger partial charge in [0.1, 0.15) is 5.01 Å². The molecule has 1 heterocycles. The maximum atomic E-state index is 12.8. The Morgan fingerprint density at radius 3 is 2.82 bits per heavy atom. The van der Waals surface area contributed by atoms with Crippen molar-refractivity contribution >= 4 is 40.6 Å². The van der Waals surface area contributed by atoms with Gasteiger partial charge in [-0.1, -0.05) is 17.7 Å². The number of ether oxygens (including phenoxy) is 2. The first-order chi connectivity index (χ1) is 13.4. The molecular formula is C19H24ClN3O4S. The second kappa shape index (κ2) is 11.0. The van der Waals surface area contributed by atoms with Gasteiger partial charge in [0.15, 0.2) is 5.69 Å². The smallest absolute Gasteiger partial charge is 0.357 e. The van der Waals surface area contributed by atoms with Crippen LogP contribution in [0.5, 0.6) is 0 Å². The number of rotatable bonds is 9. The number of carbonyl (C=O) groups excluding carboxylic acids is 2. The highest BCUT2D eigenvalue weighted by Crippen LogP contribution is 2.21. The lowest BCUT2D eigenvalue weighted by molar-refractivity contribution is 0.0594. The van der Waals surface area contributed by atoms with E-state index in [1.165, 1.54) is 18.4 Å². The van der Waals surface area contributed by atoms with Gasteiger partial charge in [-0.2, -0.15) is 0 Å². The largest absolute Gasteiger partial charge is 0.464 e. The predicted octanol–water partition coefficient (Wildman–Crippen LogP) is 4.35. The Labute approximate surface area is 173 Å². The number of nitrogens with zero attached hydrogens (tertiary/aromatic N) is 2. The molecule has 1 aromatic carbocycles. The topological polar surface area (TPSA) is 80.8 Å². The van der Waals surface area contributed by atoms with Crippen molar-refractivity contribution in [3.05, 3.63) is 44.9 Å². The second-order valence-corrected chi connectivity index (χ2v) is 7.33. The summed E-state index contributed by atoms with van der Waals surface area (Å²) >= 11 is 7.45. The Balaban J connectivity index is 2.08.